The van der Waals surface area contributed by atoms with E-state index in [2.05, 4.69) is 37.9 Å². The van der Waals surface area contributed by atoms with Crippen LogP contribution in [0.25, 0.3) is 0 Å². The molecule has 12 nitrogen and oxygen atoms in total. The van der Waals surface area contributed by atoms with Gasteiger partial charge in [-0.05, 0) is 0 Å². The van der Waals surface area contributed by atoms with E-state index in [1.807, 2.05) is 0 Å². The molecule has 0 aromatic carbocycles. The maximum atomic E-state index is 9.00. The van der Waals surface area contributed by atoms with Crippen LogP contribution in [0.5, 0.6) is 0 Å². The Labute approximate surface area is 95.5 Å². The monoisotopic (exact) mass is 246 g/mol. The Morgan fingerprint density at radius 1 is 0.647 bits per heavy atom. The average molecular weight is 246 g/mol. The lowest BCUT2D eigenvalue weighted by atomic mass is 10.9. The lowest BCUT2D eigenvalue weighted by Crippen LogP contribution is -2.18. The molecule has 0 aliphatic heterocycles. The van der Waals surface area contributed by atoms with E-state index in [4.69, 9.17) is 26.8 Å². The summed E-state index contributed by atoms with van der Waals surface area (Å²) in [6.45, 7) is 0. The standard InChI is InChI=1S/C3H6N6.2CH4N2O/c4-1-7-2(5)9-3(6)8-1;2*2-1(3)4/h(H6,4,5,6,7,8,9);2*(H4,2,3,4). The highest BCUT2D eigenvalue weighted by atomic mass is 16.2. The van der Waals surface area contributed by atoms with Crippen molar-refractivity contribution in [2.45, 2.75) is 0 Å². The third kappa shape index (κ3) is 19.4. The number of hydrogen-bond acceptors (Lipinski definition) is 8. The molecule has 1 aromatic heterocycles. The van der Waals surface area contributed by atoms with Gasteiger partial charge in [0.15, 0.2) is 0 Å². The van der Waals surface area contributed by atoms with E-state index in [9.17, 15) is 0 Å². The van der Waals surface area contributed by atoms with E-state index in [0.29, 0.717) is 0 Å². The number of nitrogen functional groups attached to an aromatic ring is 3. The second-order valence-electron chi connectivity index (χ2n) is 2.21. The Bertz CT molecular complexity index is 308. The van der Waals surface area contributed by atoms with Gasteiger partial charge in [0.05, 0.1) is 0 Å². The van der Waals surface area contributed by atoms with Crippen molar-refractivity contribution in [3.05, 3.63) is 0 Å². The topological polar surface area (TPSA) is 255 Å². The van der Waals surface area contributed by atoms with Gasteiger partial charge in [-0.1, -0.05) is 0 Å². The van der Waals surface area contributed by atoms with Crippen LogP contribution in [-0.4, -0.2) is 27.0 Å². The SMILES string of the molecule is NC(N)=O.NC(N)=O.Nc1nc(N)nc(N)n1. The molecule has 0 fully saturated rings. The Balaban J connectivity index is 0. The van der Waals surface area contributed by atoms with Crippen molar-refractivity contribution in [1.82, 2.24) is 15.0 Å². The molecule has 12 heteroatoms. The van der Waals surface area contributed by atoms with E-state index in [-0.39, 0.29) is 17.8 Å². The van der Waals surface area contributed by atoms with Crippen LogP contribution in [0.4, 0.5) is 27.4 Å². The van der Waals surface area contributed by atoms with Crippen LogP contribution in [0.1, 0.15) is 0 Å². The summed E-state index contributed by atoms with van der Waals surface area (Å²) >= 11 is 0. The fourth-order valence-corrected chi connectivity index (χ4v) is 0.427. The summed E-state index contributed by atoms with van der Waals surface area (Å²) in [5.74, 6) is 0.125. The molecule has 1 heterocycles. The van der Waals surface area contributed by atoms with Crippen molar-refractivity contribution in [2.24, 2.45) is 22.9 Å². The fourth-order valence-electron chi connectivity index (χ4n) is 0.427. The van der Waals surface area contributed by atoms with Crippen LogP contribution in [0.3, 0.4) is 0 Å². The minimum atomic E-state index is -0.833. The lowest BCUT2D eigenvalue weighted by Gasteiger charge is -1.93. The van der Waals surface area contributed by atoms with Crippen LogP contribution < -0.4 is 40.1 Å². The van der Waals surface area contributed by atoms with Crippen molar-refractivity contribution < 1.29 is 9.59 Å². The fraction of sp³-hybridized carbons (Fsp3) is 0. The summed E-state index contributed by atoms with van der Waals surface area (Å²) in [5.41, 5.74) is 32.4. The first kappa shape index (κ1) is 16.4. The molecule has 0 atom stereocenters. The van der Waals surface area contributed by atoms with Crippen LogP contribution in [0, 0.1) is 0 Å². The largest absolute Gasteiger partial charge is 0.368 e. The molecule has 0 spiro atoms. The zero-order chi connectivity index (χ0) is 14.0. The molecule has 1 rings (SSSR count). The Morgan fingerprint density at radius 2 is 0.765 bits per heavy atom. The van der Waals surface area contributed by atoms with E-state index in [0.717, 1.165) is 0 Å². The quantitative estimate of drug-likeness (QED) is 0.242. The summed E-state index contributed by atoms with van der Waals surface area (Å²) in [4.78, 5) is 28.5. The minimum absolute atomic E-state index is 0.0417. The Hall–Kier alpha value is -3.05. The van der Waals surface area contributed by atoms with E-state index >= 15 is 0 Å². The molecule has 0 saturated heterocycles. The number of anilines is 3. The molecule has 1 aromatic rings. The summed E-state index contributed by atoms with van der Waals surface area (Å²) in [5, 5.41) is 0. The zero-order valence-electron chi connectivity index (χ0n) is 8.70. The molecule has 14 N–H and O–H groups in total. The maximum Gasteiger partial charge on any atom is 0.309 e. The third-order valence-electron chi connectivity index (χ3n) is 0.687. The number of aromatic nitrogens is 3. The molecule has 4 amide bonds. The normalized spacial score (nSPS) is 7.76. The molecule has 0 bridgehead atoms. The van der Waals surface area contributed by atoms with Crippen LogP contribution in [-0.2, 0) is 0 Å². The van der Waals surface area contributed by atoms with Gasteiger partial charge in [0.1, 0.15) is 0 Å². The van der Waals surface area contributed by atoms with Gasteiger partial charge in [0.25, 0.3) is 0 Å². The van der Waals surface area contributed by atoms with E-state index in [1.54, 1.807) is 0 Å². The van der Waals surface area contributed by atoms with Gasteiger partial charge in [0, 0.05) is 0 Å². The molecule has 17 heavy (non-hydrogen) atoms. The van der Waals surface area contributed by atoms with Crippen molar-refractivity contribution in [2.75, 3.05) is 17.2 Å². The van der Waals surface area contributed by atoms with Gasteiger partial charge in [0.2, 0.25) is 17.8 Å². The first-order valence-corrected chi connectivity index (χ1v) is 3.77. The van der Waals surface area contributed by atoms with Crippen molar-refractivity contribution in [1.29, 1.82) is 0 Å². The molecule has 0 saturated carbocycles. The van der Waals surface area contributed by atoms with Crippen molar-refractivity contribution in [3.8, 4) is 0 Å². The smallest absolute Gasteiger partial charge is 0.309 e. The van der Waals surface area contributed by atoms with Gasteiger partial charge >= 0.3 is 12.1 Å². The maximum absolute atomic E-state index is 9.00. The van der Waals surface area contributed by atoms with Gasteiger partial charge in [-0.2, -0.15) is 15.0 Å². The van der Waals surface area contributed by atoms with Gasteiger partial charge in [-0.25, -0.2) is 9.59 Å². The van der Waals surface area contributed by atoms with Crippen molar-refractivity contribution >= 4 is 29.9 Å². The van der Waals surface area contributed by atoms with Crippen LogP contribution >= 0.6 is 0 Å². The van der Waals surface area contributed by atoms with Crippen LogP contribution in [0.15, 0.2) is 0 Å². The first-order valence-electron chi connectivity index (χ1n) is 3.77. The van der Waals surface area contributed by atoms with Gasteiger partial charge in [-0.15, -0.1) is 0 Å². The molecule has 0 radical (unpaired) electrons. The highest BCUT2D eigenvalue weighted by Gasteiger charge is 1.93. The second kappa shape index (κ2) is 8.27. The molecule has 0 unspecified atom stereocenters. The predicted molar refractivity (Wildman–Crippen MR) is 60.6 cm³/mol. The predicted octanol–water partition coefficient (Wildman–Crippen LogP) is -3.33. The number of carbonyl (C=O) groups excluding carboxylic acids is 2. The Kier molecular flexibility index (Phi) is 7.97. The van der Waals surface area contributed by atoms with Crippen molar-refractivity contribution in [3.63, 3.8) is 0 Å². The summed E-state index contributed by atoms with van der Waals surface area (Å²) < 4.78 is 0. The number of urea groups is 2. The number of carbonyl (C=O) groups is 2. The third-order valence-corrected chi connectivity index (χ3v) is 0.687. The Morgan fingerprint density at radius 3 is 0.882 bits per heavy atom. The number of primary amides is 4. The number of nitrogens with two attached hydrogens (primary N) is 7. The average Bonchev–Trinajstić information content (AvgIpc) is 1.96. The first-order chi connectivity index (χ1) is 7.65. The van der Waals surface area contributed by atoms with Gasteiger partial charge < -0.3 is 40.1 Å². The summed E-state index contributed by atoms with van der Waals surface area (Å²) in [7, 11) is 0. The molecule has 0 aliphatic rings. The van der Waals surface area contributed by atoms with E-state index in [1.165, 1.54) is 0 Å². The number of amides is 4. The highest BCUT2D eigenvalue weighted by molar-refractivity contribution is 5.69. The molecule has 96 valence electrons. The molecule has 0 aliphatic carbocycles. The number of rotatable bonds is 0. The minimum Gasteiger partial charge on any atom is -0.368 e. The molecular formula is C5H14N10O2. The number of hydrogen-bond donors (Lipinski definition) is 7. The summed E-state index contributed by atoms with van der Waals surface area (Å²) in [6, 6.07) is -1.67. The lowest BCUT2D eigenvalue weighted by molar-refractivity contribution is 0.255. The van der Waals surface area contributed by atoms with Gasteiger partial charge in [-0.3, -0.25) is 0 Å². The van der Waals surface area contributed by atoms with E-state index < -0.39 is 12.1 Å². The van der Waals surface area contributed by atoms with Crippen LogP contribution in [0.2, 0.25) is 0 Å². The number of nitrogens with zero attached hydrogens (tertiary/aromatic N) is 3. The summed E-state index contributed by atoms with van der Waals surface area (Å²) in [6.07, 6.45) is 0. The molecular weight excluding hydrogens is 232 g/mol. The second-order valence-corrected chi connectivity index (χ2v) is 2.21. The zero-order valence-corrected chi connectivity index (χ0v) is 8.70. The highest BCUT2D eigenvalue weighted by Crippen LogP contribution is 1.97.